The van der Waals surface area contributed by atoms with Crippen molar-refractivity contribution in [3.63, 3.8) is 0 Å². The molecule has 0 radical (unpaired) electrons. The van der Waals surface area contributed by atoms with E-state index in [0.717, 1.165) is 16.9 Å². The molecule has 0 aliphatic carbocycles. The first-order chi connectivity index (χ1) is 9.82. The van der Waals surface area contributed by atoms with Gasteiger partial charge in [0.1, 0.15) is 11.8 Å². The molecule has 3 N–H and O–H groups in total. The van der Waals surface area contributed by atoms with Crippen molar-refractivity contribution in [1.82, 2.24) is 4.57 Å². The van der Waals surface area contributed by atoms with Crippen molar-refractivity contribution >= 4 is 15.7 Å². The molecule has 0 spiro atoms. The predicted molar refractivity (Wildman–Crippen MR) is 80.0 cm³/mol. The molecule has 0 amide bonds. The molecule has 7 heteroatoms. The lowest BCUT2D eigenvalue weighted by Crippen LogP contribution is -2.12. The van der Waals surface area contributed by atoms with Crippen molar-refractivity contribution in [2.24, 2.45) is 12.2 Å². The van der Waals surface area contributed by atoms with Crippen LogP contribution in [0.3, 0.4) is 0 Å². The summed E-state index contributed by atoms with van der Waals surface area (Å²) in [6.07, 6.45) is 0. The number of nitrogens with one attached hydrogen (secondary N) is 1. The molecule has 0 fully saturated rings. The summed E-state index contributed by atoms with van der Waals surface area (Å²) in [5, 5.41) is 17.2. The van der Waals surface area contributed by atoms with E-state index in [2.05, 4.69) is 11.4 Å². The van der Waals surface area contributed by atoms with Crippen LogP contribution in [0.5, 0.6) is 0 Å². The summed E-state index contributed by atoms with van der Waals surface area (Å²) >= 11 is 0. The number of nitrogens with zero attached hydrogens (tertiary/aromatic N) is 2. The van der Waals surface area contributed by atoms with Crippen LogP contribution in [-0.4, -0.2) is 13.0 Å². The summed E-state index contributed by atoms with van der Waals surface area (Å²) in [5.74, 6) is 0. The summed E-state index contributed by atoms with van der Waals surface area (Å²) < 4.78 is 24.2. The molecule has 110 valence electrons. The highest BCUT2D eigenvalue weighted by Crippen LogP contribution is 2.17. The first-order valence-electron chi connectivity index (χ1n) is 6.25. The van der Waals surface area contributed by atoms with Gasteiger partial charge in [-0.3, -0.25) is 0 Å². The Kier molecular flexibility index (Phi) is 4.02. The summed E-state index contributed by atoms with van der Waals surface area (Å²) in [6, 6.07) is 10.2. The number of anilines is 1. The fourth-order valence-electron chi connectivity index (χ4n) is 2.01. The van der Waals surface area contributed by atoms with Crippen LogP contribution in [0.15, 0.2) is 35.2 Å². The molecular weight excluding hydrogens is 288 g/mol. The third-order valence-electron chi connectivity index (χ3n) is 3.42. The highest BCUT2D eigenvalue weighted by atomic mass is 32.2. The number of hydrogen-bond donors (Lipinski definition) is 2. The number of hydrogen-bond acceptors (Lipinski definition) is 4. The van der Waals surface area contributed by atoms with E-state index in [-0.39, 0.29) is 4.90 Å². The van der Waals surface area contributed by atoms with Gasteiger partial charge in [0.05, 0.1) is 4.90 Å². The van der Waals surface area contributed by atoms with Crippen molar-refractivity contribution < 1.29 is 8.42 Å². The van der Waals surface area contributed by atoms with Crippen molar-refractivity contribution in [1.29, 1.82) is 5.26 Å². The third kappa shape index (κ3) is 3.24. The minimum absolute atomic E-state index is 0.0794. The molecule has 1 aromatic carbocycles. The number of nitriles is 1. The smallest absolute Gasteiger partial charge is 0.238 e. The largest absolute Gasteiger partial charge is 0.381 e. The van der Waals surface area contributed by atoms with Crippen molar-refractivity contribution in [3.8, 4) is 6.07 Å². The molecule has 2 rings (SSSR count). The van der Waals surface area contributed by atoms with E-state index in [1.54, 1.807) is 12.1 Å². The molecule has 0 aliphatic heterocycles. The second-order valence-electron chi connectivity index (χ2n) is 4.73. The number of primary sulfonamides is 1. The van der Waals surface area contributed by atoms with Crippen molar-refractivity contribution in [2.45, 2.75) is 18.4 Å². The van der Waals surface area contributed by atoms with Crippen LogP contribution in [-0.2, 0) is 23.6 Å². The average molecular weight is 304 g/mol. The minimum atomic E-state index is -3.67. The molecule has 0 atom stereocenters. The van der Waals surface area contributed by atoms with Crippen molar-refractivity contribution in [3.05, 3.63) is 47.3 Å². The Morgan fingerprint density at radius 3 is 2.43 bits per heavy atom. The van der Waals surface area contributed by atoms with E-state index >= 15 is 0 Å². The van der Waals surface area contributed by atoms with Crippen molar-refractivity contribution in [2.75, 3.05) is 5.32 Å². The Balaban J connectivity index is 2.12. The van der Waals surface area contributed by atoms with Gasteiger partial charge in [-0.05, 0) is 42.8 Å². The van der Waals surface area contributed by atoms with E-state index in [9.17, 15) is 8.42 Å². The maximum Gasteiger partial charge on any atom is 0.238 e. The van der Waals surface area contributed by atoms with Gasteiger partial charge in [0.25, 0.3) is 0 Å². The van der Waals surface area contributed by atoms with E-state index in [4.69, 9.17) is 10.4 Å². The molecule has 6 nitrogen and oxygen atoms in total. The highest BCUT2D eigenvalue weighted by Gasteiger charge is 2.09. The van der Waals surface area contributed by atoms with E-state index in [1.165, 1.54) is 12.1 Å². The van der Waals surface area contributed by atoms with Crippen LogP contribution in [0, 0.1) is 18.3 Å². The summed E-state index contributed by atoms with van der Waals surface area (Å²) in [4.78, 5) is 0.0794. The lowest BCUT2D eigenvalue weighted by molar-refractivity contribution is 0.598. The molecule has 21 heavy (non-hydrogen) atoms. The normalized spacial score (nSPS) is 11.1. The molecule has 0 bridgehead atoms. The Morgan fingerprint density at radius 2 is 1.95 bits per heavy atom. The Morgan fingerprint density at radius 1 is 1.33 bits per heavy atom. The average Bonchev–Trinajstić information content (AvgIpc) is 2.72. The Labute approximate surface area is 123 Å². The molecule has 0 saturated carbocycles. The molecule has 2 aromatic rings. The van der Waals surface area contributed by atoms with E-state index < -0.39 is 10.0 Å². The van der Waals surface area contributed by atoms with Gasteiger partial charge in [0.15, 0.2) is 0 Å². The van der Waals surface area contributed by atoms with Crippen LogP contribution >= 0.6 is 0 Å². The van der Waals surface area contributed by atoms with Crippen LogP contribution in [0.2, 0.25) is 0 Å². The SMILES string of the molecule is Cc1c(CNc2ccc(S(N)(=O)=O)cc2)cc(C#N)n1C. The molecule has 1 aromatic heterocycles. The Hall–Kier alpha value is -2.30. The maximum atomic E-state index is 11.2. The van der Waals surface area contributed by atoms with Crippen LogP contribution in [0.25, 0.3) is 0 Å². The first-order valence-corrected chi connectivity index (χ1v) is 7.79. The number of aromatic nitrogens is 1. The summed E-state index contributed by atoms with van der Waals surface area (Å²) in [5.41, 5.74) is 3.42. The first kappa shape index (κ1) is 15.1. The van der Waals surface area contributed by atoms with Gasteiger partial charge in [-0.25, -0.2) is 13.6 Å². The van der Waals surface area contributed by atoms with Gasteiger partial charge in [0, 0.05) is 25.0 Å². The fourth-order valence-corrected chi connectivity index (χ4v) is 2.52. The van der Waals surface area contributed by atoms with Gasteiger partial charge in [-0.2, -0.15) is 5.26 Å². The second-order valence-corrected chi connectivity index (χ2v) is 6.30. The summed E-state index contributed by atoms with van der Waals surface area (Å²) in [6.45, 7) is 2.50. The van der Waals surface area contributed by atoms with Gasteiger partial charge in [-0.15, -0.1) is 0 Å². The summed E-state index contributed by atoms with van der Waals surface area (Å²) in [7, 11) is -1.82. The van der Waals surface area contributed by atoms with Gasteiger partial charge >= 0.3 is 0 Å². The number of sulfonamides is 1. The van der Waals surface area contributed by atoms with Gasteiger partial charge in [-0.1, -0.05) is 0 Å². The third-order valence-corrected chi connectivity index (χ3v) is 4.35. The van der Waals surface area contributed by atoms with E-state index in [0.29, 0.717) is 12.2 Å². The standard InChI is InChI=1S/C14H16N4O2S/c1-10-11(7-13(8-15)18(10)2)9-17-12-3-5-14(6-4-12)21(16,19)20/h3-7,17H,9H2,1-2H3,(H2,16,19,20). The zero-order valence-corrected chi connectivity index (χ0v) is 12.6. The molecule has 0 unspecified atom stereocenters. The molecule has 0 aliphatic rings. The van der Waals surface area contributed by atoms with Crippen LogP contribution in [0.4, 0.5) is 5.69 Å². The predicted octanol–water partition coefficient (Wildman–Crippen LogP) is 1.46. The van der Waals surface area contributed by atoms with E-state index in [1.807, 2.05) is 24.6 Å². The number of rotatable bonds is 4. The second kappa shape index (κ2) is 5.60. The highest BCUT2D eigenvalue weighted by molar-refractivity contribution is 7.89. The maximum absolute atomic E-state index is 11.2. The minimum Gasteiger partial charge on any atom is -0.381 e. The monoisotopic (exact) mass is 304 g/mol. The van der Waals surface area contributed by atoms with Crippen LogP contribution in [0.1, 0.15) is 17.0 Å². The quantitative estimate of drug-likeness (QED) is 0.893. The van der Waals surface area contributed by atoms with Gasteiger partial charge in [0.2, 0.25) is 10.0 Å². The van der Waals surface area contributed by atoms with Crippen LogP contribution < -0.4 is 10.5 Å². The molecule has 0 saturated heterocycles. The zero-order valence-electron chi connectivity index (χ0n) is 11.8. The molecular formula is C14H16N4O2S. The number of nitrogens with two attached hydrogens (primary N) is 1. The zero-order chi connectivity index (χ0) is 15.6. The Bertz CT molecular complexity index is 799. The lowest BCUT2D eigenvalue weighted by Gasteiger charge is -2.07. The molecule has 1 heterocycles. The number of benzene rings is 1. The fraction of sp³-hybridized carbons (Fsp3) is 0.214. The topological polar surface area (TPSA) is 101 Å². The lowest BCUT2D eigenvalue weighted by atomic mass is 10.2. The van der Waals surface area contributed by atoms with Gasteiger partial charge < -0.3 is 9.88 Å².